The number of nitrogens with zero attached hydrogens (tertiary/aromatic N) is 4. The fourth-order valence-electron chi connectivity index (χ4n) is 3.61. The molecule has 1 aromatic carbocycles. The maximum atomic E-state index is 12.6. The van der Waals surface area contributed by atoms with Crippen molar-refractivity contribution in [1.29, 1.82) is 5.26 Å². The summed E-state index contributed by atoms with van der Waals surface area (Å²) in [5.74, 6) is 1.39. The number of hydrogen-bond donors (Lipinski definition) is 1. The Morgan fingerprint density at radius 2 is 2.12 bits per heavy atom. The summed E-state index contributed by atoms with van der Waals surface area (Å²) in [5.41, 5.74) is 3.19. The molecule has 1 unspecified atom stereocenters. The number of carbonyl (C=O) groups is 1. The second-order valence-corrected chi connectivity index (χ2v) is 8.22. The highest BCUT2D eigenvalue weighted by Gasteiger charge is 2.24. The largest absolute Gasteiger partial charge is 0.439 e. The van der Waals surface area contributed by atoms with Gasteiger partial charge >= 0.3 is 6.03 Å². The SMILES string of the molecule is CC1CN(C(=O)Nc2ccc(C#N)nc2)CCC1=Cc1cccc(Oc2ccc(Cl)cn2)c1. The van der Waals surface area contributed by atoms with Gasteiger partial charge < -0.3 is 15.0 Å². The molecule has 1 saturated heterocycles. The summed E-state index contributed by atoms with van der Waals surface area (Å²) < 4.78 is 5.83. The van der Waals surface area contributed by atoms with E-state index in [1.54, 1.807) is 35.4 Å². The van der Waals surface area contributed by atoms with Crippen molar-refractivity contribution in [2.75, 3.05) is 18.4 Å². The first kappa shape index (κ1) is 22.3. The second-order valence-electron chi connectivity index (χ2n) is 7.78. The summed E-state index contributed by atoms with van der Waals surface area (Å²) in [6.07, 6.45) is 5.98. The molecule has 0 aliphatic carbocycles. The van der Waals surface area contributed by atoms with E-state index >= 15 is 0 Å². The van der Waals surface area contributed by atoms with E-state index in [-0.39, 0.29) is 11.9 Å². The maximum absolute atomic E-state index is 12.6. The molecule has 3 heterocycles. The van der Waals surface area contributed by atoms with Gasteiger partial charge in [0.25, 0.3) is 0 Å². The van der Waals surface area contributed by atoms with Gasteiger partial charge in [-0.3, -0.25) is 0 Å². The first-order chi connectivity index (χ1) is 16.0. The van der Waals surface area contributed by atoms with E-state index in [1.165, 1.54) is 11.8 Å². The molecule has 1 N–H and O–H groups in total. The van der Waals surface area contributed by atoms with Gasteiger partial charge in [-0.2, -0.15) is 5.26 Å². The van der Waals surface area contributed by atoms with Crippen molar-refractivity contribution >= 4 is 29.4 Å². The lowest BCUT2D eigenvalue weighted by molar-refractivity contribution is 0.198. The molecule has 1 fully saturated rings. The Kier molecular flexibility index (Phi) is 6.86. The average Bonchev–Trinajstić information content (AvgIpc) is 2.82. The molecule has 1 aliphatic heterocycles. The van der Waals surface area contributed by atoms with E-state index in [1.807, 2.05) is 30.3 Å². The minimum absolute atomic E-state index is 0.168. The highest BCUT2D eigenvalue weighted by atomic mass is 35.5. The fourth-order valence-corrected chi connectivity index (χ4v) is 3.72. The number of halogens is 1. The number of carbonyl (C=O) groups excluding carboxylic acids is 1. The van der Waals surface area contributed by atoms with E-state index in [0.717, 1.165) is 12.0 Å². The monoisotopic (exact) mass is 459 g/mol. The summed E-state index contributed by atoms with van der Waals surface area (Å²) in [4.78, 5) is 22.6. The third-order valence-electron chi connectivity index (χ3n) is 5.35. The average molecular weight is 460 g/mol. The number of piperidine rings is 1. The molecule has 33 heavy (non-hydrogen) atoms. The van der Waals surface area contributed by atoms with Crippen LogP contribution < -0.4 is 10.1 Å². The molecule has 1 aliphatic rings. The first-order valence-electron chi connectivity index (χ1n) is 10.5. The van der Waals surface area contributed by atoms with Crippen LogP contribution >= 0.6 is 11.6 Å². The Balaban J connectivity index is 1.38. The highest BCUT2D eigenvalue weighted by Crippen LogP contribution is 2.27. The molecule has 0 spiro atoms. The Morgan fingerprint density at radius 3 is 2.82 bits per heavy atom. The van der Waals surface area contributed by atoms with Crippen molar-refractivity contribution in [3.63, 3.8) is 0 Å². The number of rotatable bonds is 4. The Hall–Kier alpha value is -3.89. The molecule has 7 nitrogen and oxygen atoms in total. The fraction of sp³-hybridized carbons (Fsp3) is 0.200. The molecule has 0 saturated carbocycles. The van der Waals surface area contributed by atoms with Crippen molar-refractivity contribution in [3.8, 4) is 17.7 Å². The lowest BCUT2D eigenvalue weighted by atomic mass is 9.91. The lowest BCUT2D eigenvalue weighted by Gasteiger charge is -2.33. The zero-order valence-electron chi connectivity index (χ0n) is 18.0. The zero-order valence-corrected chi connectivity index (χ0v) is 18.8. The smallest absolute Gasteiger partial charge is 0.321 e. The molecule has 4 rings (SSSR count). The van der Waals surface area contributed by atoms with Gasteiger partial charge in [-0.05, 0) is 48.2 Å². The van der Waals surface area contributed by atoms with Crippen molar-refractivity contribution in [2.24, 2.45) is 5.92 Å². The van der Waals surface area contributed by atoms with Crippen LogP contribution in [0.25, 0.3) is 6.08 Å². The number of aromatic nitrogens is 2. The van der Waals surface area contributed by atoms with Gasteiger partial charge in [0.05, 0.1) is 16.9 Å². The summed E-state index contributed by atoms with van der Waals surface area (Å²) in [7, 11) is 0. The normalized spacial score (nSPS) is 16.8. The van der Waals surface area contributed by atoms with Crippen LogP contribution in [0.1, 0.15) is 24.6 Å². The number of nitrogens with one attached hydrogen (secondary N) is 1. The highest BCUT2D eigenvalue weighted by molar-refractivity contribution is 6.30. The van der Waals surface area contributed by atoms with Crippen LogP contribution in [0.5, 0.6) is 11.6 Å². The molecule has 3 aromatic rings. The minimum Gasteiger partial charge on any atom is -0.439 e. The van der Waals surface area contributed by atoms with Crippen LogP contribution in [0.4, 0.5) is 10.5 Å². The lowest BCUT2D eigenvalue weighted by Crippen LogP contribution is -2.42. The number of nitriles is 1. The third kappa shape index (κ3) is 5.88. The van der Waals surface area contributed by atoms with Gasteiger partial charge in [-0.15, -0.1) is 0 Å². The van der Waals surface area contributed by atoms with Crippen LogP contribution in [-0.4, -0.2) is 34.0 Å². The van der Waals surface area contributed by atoms with Crippen molar-refractivity contribution in [3.05, 3.63) is 82.8 Å². The number of benzene rings is 1. The Bertz CT molecular complexity index is 1200. The van der Waals surface area contributed by atoms with Crippen molar-refractivity contribution in [2.45, 2.75) is 13.3 Å². The molecule has 0 bridgehead atoms. The molecule has 8 heteroatoms. The molecule has 0 radical (unpaired) electrons. The molecule has 1 atom stereocenters. The van der Waals surface area contributed by atoms with Crippen molar-refractivity contribution in [1.82, 2.24) is 14.9 Å². The van der Waals surface area contributed by atoms with Gasteiger partial charge in [0.2, 0.25) is 5.88 Å². The number of amides is 2. The van der Waals surface area contributed by atoms with Gasteiger partial charge in [-0.1, -0.05) is 42.3 Å². The minimum atomic E-state index is -0.168. The predicted molar refractivity (Wildman–Crippen MR) is 127 cm³/mol. The van der Waals surface area contributed by atoms with Crippen LogP contribution in [-0.2, 0) is 0 Å². The Morgan fingerprint density at radius 1 is 1.24 bits per heavy atom. The molecule has 2 aromatic heterocycles. The topological polar surface area (TPSA) is 91.1 Å². The van der Waals surface area contributed by atoms with Crippen LogP contribution in [0.2, 0.25) is 5.02 Å². The van der Waals surface area contributed by atoms with Crippen LogP contribution in [0.15, 0.2) is 66.5 Å². The summed E-state index contributed by atoms with van der Waals surface area (Å²) in [6.45, 7) is 3.36. The summed E-state index contributed by atoms with van der Waals surface area (Å²) >= 11 is 5.88. The molecular weight excluding hydrogens is 438 g/mol. The van der Waals surface area contributed by atoms with E-state index in [0.29, 0.717) is 41.1 Å². The maximum Gasteiger partial charge on any atom is 0.321 e. The van der Waals surface area contributed by atoms with E-state index in [4.69, 9.17) is 21.6 Å². The molecule has 2 amide bonds. The third-order valence-corrected chi connectivity index (χ3v) is 5.57. The van der Waals surface area contributed by atoms with Crippen LogP contribution in [0.3, 0.4) is 0 Å². The summed E-state index contributed by atoms with van der Waals surface area (Å²) in [5, 5.41) is 12.2. The van der Waals surface area contributed by atoms with Crippen LogP contribution in [0, 0.1) is 17.2 Å². The van der Waals surface area contributed by atoms with E-state index < -0.39 is 0 Å². The van der Waals surface area contributed by atoms with Gasteiger partial charge in [0.15, 0.2) is 0 Å². The molecular formula is C25H22ClN5O2. The van der Waals surface area contributed by atoms with Crippen molar-refractivity contribution < 1.29 is 9.53 Å². The van der Waals surface area contributed by atoms with Gasteiger partial charge in [0, 0.05) is 25.4 Å². The number of pyridine rings is 2. The van der Waals surface area contributed by atoms with E-state index in [9.17, 15) is 4.79 Å². The number of likely N-dealkylation sites (tertiary alicyclic amines) is 1. The number of hydrogen-bond acceptors (Lipinski definition) is 5. The second kappa shape index (κ2) is 10.2. The number of urea groups is 1. The zero-order chi connectivity index (χ0) is 23.2. The quantitative estimate of drug-likeness (QED) is 0.536. The van der Waals surface area contributed by atoms with Gasteiger partial charge in [-0.25, -0.2) is 14.8 Å². The first-order valence-corrected chi connectivity index (χ1v) is 10.9. The number of ether oxygens (including phenoxy) is 1. The van der Waals surface area contributed by atoms with Gasteiger partial charge in [0.1, 0.15) is 17.5 Å². The standard InChI is InChI=1S/C25H22ClN5O2/c1-17-16-31(25(32)30-22-7-6-21(13-27)28-15-22)10-9-19(17)11-18-3-2-4-23(12-18)33-24-8-5-20(26)14-29-24/h2-8,11-12,14-15,17H,9-10,16H2,1H3,(H,30,32). The summed E-state index contributed by atoms with van der Waals surface area (Å²) in [6, 6.07) is 16.3. The van der Waals surface area contributed by atoms with E-state index in [2.05, 4.69) is 28.3 Å². The number of anilines is 1. The molecule has 166 valence electrons. The predicted octanol–water partition coefficient (Wildman–Crippen LogP) is 5.75. The Labute approximate surface area is 197 Å².